The van der Waals surface area contributed by atoms with Crippen LogP contribution in [-0.2, 0) is 16.1 Å². The minimum absolute atomic E-state index is 0. The van der Waals surface area contributed by atoms with Gasteiger partial charge in [0.05, 0.1) is 12.0 Å². The zero-order chi connectivity index (χ0) is 20.2. The van der Waals surface area contributed by atoms with Crippen LogP contribution < -0.4 is 5.32 Å². The van der Waals surface area contributed by atoms with Crippen LogP contribution in [0.3, 0.4) is 0 Å². The molecule has 0 spiro atoms. The van der Waals surface area contributed by atoms with E-state index >= 15 is 0 Å². The van der Waals surface area contributed by atoms with Gasteiger partial charge >= 0.3 is 0 Å². The van der Waals surface area contributed by atoms with Crippen molar-refractivity contribution < 1.29 is 9.59 Å². The first-order chi connectivity index (χ1) is 14.1. The van der Waals surface area contributed by atoms with E-state index < -0.39 is 0 Å². The Hall–Kier alpha value is -2.37. The normalized spacial score (nSPS) is 23.7. The number of halogens is 1. The Balaban J connectivity index is 0.00000256. The monoisotopic (exact) mass is 427 g/mol. The molecular formula is C24H30ClN3O2. The summed E-state index contributed by atoms with van der Waals surface area (Å²) in [5, 5.41) is 3.34. The number of carbonyl (C=O) groups is 2. The average molecular weight is 428 g/mol. The summed E-state index contributed by atoms with van der Waals surface area (Å²) in [5.74, 6) is 0.0551. The van der Waals surface area contributed by atoms with Crippen LogP contribution in [0.2, 0.25) is 0 Å². The van der Waals surface area contributed by atoms with Crippen LogP contribution >= 0.6 is 12.4 Å². The summed E-state index contributed by atoms with van der Waals surface area (Å²) in [4.78, 5) is 30.3. The topological polar surface area (TPSA) is 52.7 Å². The van der Waals surface area contributed by atoms with Crippen molar-refractivity contribution in [3.63, 3.8) is 0 Å². The summed E-state index contributed by atoms with van der Waals surface area (Å²) in [6, 6.07) is 20.1. The lowest BCUT2D eigenvalue weighted by atomic mass is 9.82. The Morgan fingerprint density at radius 2 is 1.73 bits per heavy atom. The Morgan fingerprint density at radius 3 is 2.37 bits per heavy atom. The van der Waals surface area contributed by atoms with E-state index in [1.807, 2.05) is 77.5 Å². The highest BCUT2D eigenvalue weighted by atomic mass is 35.5. The van der Waals surface area contributed by atoms with Gasteiger partial charge in [0.2, 0.25) is 11.8 Å². The first-order valence-corrected chi connectivity index (χ1v) is 10.5. The third kappa shape index (κ3) is 4.68. The number of hydrogen-bond donors (Lipinski definition) is 1. The molecule has 0 bridgehead atoms. The summed E-state index contributed by atoms with van der Waals surface area (Å²) in [7, 11) is 1.92. The quantitative estimate of drug-likeness (QED) is 0.795. The summed E-state index contributed by atoms with van der Waals surface area (Å²) in [6.07, 6.45) is 2.01. The lowest BCUT2D eigenvalue weighted by molar-refractivity contribution is -0.149. The van der Waals surface area contributed by atoms with Crippen LogP contribution in [-0.4, -0.2) is 47.8 Å². The first-order valence-electron chi connectivity index (χ1n) is 10.5. The maximum absolute atomic E-state index is 13.5. The van der Waals surface area contributed by atoms with Gasteiger partial charge < -0.3 is 15.1 Å². The fourth-order valence-electron chi connectivity index (χ4n) is 4.65. The zero-order valence-electron chi connectivity index (χ0n) is 17.4. The molecule has 30 heavy (non-hydrogen) atoms. The fourth-order valence-corrected chi connectivity index (χ4v) is 4.65. The Bertz CT molecular complexity index is 840. The SMILES string of the molecule is CN(C(=O)C1CCC(=O)N(Cc2ccccc2)C1c1ccccc1)C1CCNC1.Cl. The second kappa shape index (κ2) is 10.1. The Kier molecular flexibility index (Phi) is 7.51. The minimum Gasteiger partial charge on any atom is -0.341 e. The highest BCUT2D eigenvalue weighted by Gasteiger charge is 2.42. The smallest absolute Gasteiger partial charge is 0.228 e. The third-order valence-corrected chi connectivity index (χ3v) is 6.29. The van der Waals surface area contributed by atoms with Crippen molar-refractivity contribution in [2.24, 2.45) is 5.92 Å². The van der Waals surface area contributed by atoms with E-state index in [-0.39, 0.29) is 42.2 Å². The average Bonchev–Trinajstić information content (AvgIpc) is 3.30. The van der Waals surface area contributed by atoms with Gasteiger partial charge in [0, 0.05) is 32.6 Å². The first kappa shape index (κ1) is 22.3. The summed E-state index contributed by atoms with van der Waals surface area (Å²) in [5.41, 5.74) is 2.12. The fraction of sp³-hybridized carbons (Fsp3) is 0.417. The molecule has 2 aliphatic rings. The predicted molar refractivity (Wildman–Crippen MR) is 120 cm³/mol. The molecule has 2 saturated heterocycles. The molecule has 2 aliphatic heterocycles. The molecule has 160 valence electrons. The third-order valence-electron chi connectivity index (χ3n) is 6.29. The van der Waals surface area contributed by atoms with Gasteiger partial charge in [-0.3, -0.25) is 9.59 Å². The molecule has 0 saturated carbocycles. The van der Waals surface area contributed by atoms with Gasteiger partial charge in [-0.1, -0.05) is 60.7 Å². The van der Waals surface area contributed by atoms with Crippen molar-refractivity contribution in [2.75, 3.05) is 20.1 Å². The molecular weight excluding hydrogens is 398 g/mol. The number of piperidine rings is 1. The van der Waals surface area contributed by atoms with Crippen LogP contribution in [0, 0.1) is 5.92 Å². The van der Waals surface area contributed by atoms with E-state index in [1.54, 1.807) is 0 Å². The highest BCUT2D eigenvalue weighted by molar-refractivity contribution is 5.85. The molecule has 0 aliphatic carbocycles. The van der Waals surface area contributed by atoms with Crippen LogP contribution in [0.25, 0.3) is 0 Å². The lowest BCUT2D eigenvalue weighted by Crippen LogP contribution is -2.50. The van der Waals surface area contributed by atoms with Gasteiger partial charge in [0.25, 0.3) is 0 Å². The van der Waals surface area contributed by atoms with Gasteiger partial charge in [0.15, 0.2) is 0 Å². The van der Waals surface area contributed by atoms with Crippen molar-refractivity contribution in [3.8, 4) is 0 Å². The molecule has 0 radical (unpaired) electrons. The molecule has 4 rings (SSSR count). The van der Waals surface area contributed by atoms with Crippen LogP contribution in [0.1, 0.15) is 36.4 Å². The van der Waals surface area contributed by atoms with Gasteiger partial charge in [-0.15, -0.1) is 12.4 Å². The number of likely N-dealkylation sites (N-methyl/N-ethyl adjacent to an activating group) is 1. The van der Waals surface area contributed by atoms with E-state index in [4.69, 9.17) is 0 Å². The second-order valence-corrected chi connectivity index (χ2v) is 8.10. The maximum atomic E-state index is 13.5. The molecule has 2 aromatic carbocycles. The van der Waals surface area contributed by atoms with Crippen LogP contribution in [0.5, 0.6) is 0 Å². The van der Waals surface area contributed by atoms with Crippen LogP contribution in [0.4, 0.5) is 0 Å². The van der Waals surface area contributed by atoms with Crippen molar-refractivity contribution >= 4 is 24.2 Å². The van der Waals surface area contributed by atoms with E-state index in [9.17, 15) is 9.59 Å². The van der Waals surface area contributed by atoms with E-state index in [0.29, 0.717) is 19.4 Å². The molecule has 3 atom stereocenters. The molecule has 2 heterocycles. The summed E-state index contributed by atoms with van der Waals surface area (Å²) < 4.78 is 0. The maximum Gasteiger partial charge on any atom is 0.228 e. The minimum atomic E-state index is -0.234. The zero-order valence-corrected chi connectivity index (χ0v) is 18.2. The standard InChI is InChI=1S/C24H29N3O2.ClH/c1-26(20-14-15-25-16-20)24(29)21-12-13-22(28)27(17-18-8-4-2-5-9-18)23(21)19-10-6-3-7-11-19;/h2-11,20-21,23,25H,12-17H2,1H3;1H. The molecule has 2 amide bonds. The van der Waals surface area contributed by atoms with Crippen molar-refractivity contribution in [2.45, 2.75) is 37.9 Å². The van der Waals surface area contributed by atoms with Crippen molar-refractivity contribution in [1.82, 2.24) is 15.1 Å². The van der Waals surface area contributed by atoms with E-state index in [2.05, 4.69) is 5.32 Å². The van der Waals surface area contributed by atoms with Gasteiger partial charge in [-0.2, -0.15) is 0 Å². The Morgan fingerprint density at radius 1 is 1.07 bits per heavy atom. The number of nitrogens with zero attached hydrogens (tertiary/aromatic N) is 2. The summed E-state index contributed by atoms with van der Waals surface area (Å²) in [6.45, 7) is 2.32. The van der Waals surface area contributed by atoms with Crippen molar-refractivity contribution in [1.29, 1.82) is 0 Å². The lowest BCUT2D eigenvalue weighted by Gasteiger charge is -2.42. The predicted octanol–water partition coefficient (Wildman–Crippen LogP) is 3.41. The van der Waals surface area contributed by atoms with Crippen LogP contribution in [0.15, 0.2) is 60.7 Å². The highest BCUT2D eigenvalue weighted by Crippen LogP contribution is 2.39. The molecule has 6 heteroatoms. The molecule has 3 unspecified atom stereocenters. The number of hydrogen-bond acceptors (Lipinski definition) is 3. The molecule has 2 aromatic rings. The van der Waals surface area contributed by atoms with E-state index in [0.717, 1.165) is 30.6 Å². The molecule has 1 N–H and O–H groups in total. The number of benzene rings is 2. The van der Waals surface area contributed by atoms with Gasteiger partial charge in [-0.25, -0.2) is 0 Å². The second-order valence-electron chi connectivity index (χ2n) is 8.10. The van der Waals surface area contributed by atoms with Gasteiger partial charge in [-0.05, 0) is 30.5 Å². The molecule has 2 fully saturated rings. The number of amides is 2. The number of rotatable bonds is 5. The van der Waals surface area contributed by atoms with E-state index in [1.165, 1.54) is 0 Å². The molecule has 5 nitrogen and oxygen atoms in total. The van der Waals surface area contributed by atoms with Gasteiger partial charge in [0.1, 0.15) is 0 Å². The largest absolute Gasteiger partial charge is 0.341 e. The number of likely N-dealkylation sites (tertiary alicyclic amines) is 1. The number of nitrogens with one attached hydrogen (secondary N) is 1. The Labute approximate surface area is 184 Å². The molecule has 0 aromatic heterocycles. The summed E-state index contributed by atoms with van der Waals surface area (Å²) >= 11 is 0. The number of carbonyl (C=O) groups excluding carboxylic acids is 2. The van der Waals surface area contributed by atoms with Crippen molar-refractivity contribution in [3.05, 3.63) is 71.8 Å².